The summed E-state index contributed by atoms with van der Waals surface area (Å²) >= 11 is 0. The Morgan fingerprint density at radius 1 is 1.32 bits per heavy atom. The molecule has 25 heavy (non-hydrogen) atoms. The molecule has 1 atom stereocenters. The van der Waals surface area contributed by atoms with E-state index < -0.39 is 18.1 Å². The molecule has 9 heteroatoms. The number of amides is 1. The van der Waals surface area contributed by atoms with E-state index in [0.29, 0.717) is 18.9 Å². The molecule has 0 saturated carbocycles. The van der Waals surface area contributed by atoms with E-state index in [4.69, 9.17) is 15.6 Å². The van der Waals surface area contributed by atoms with Gasteiger partial charge in [-0.15, -0.1) is 12.4 Å². The molecule has 0 aromatic heterocycles. The molecule has 0 bridgehead atoms. The molecule has 0 radical (unpaired) electrons. The Bertz CT molecular complexity index is 567. The van der Waals surface area contributed by atoms with Crippen molar-refractivity contribution in [2.45, 2.75) is 25.5 Å². The zero-order chi connectivity index (χ0) is 17.9. The Balaban J connectivity index is 0.00000576. The summed E-state index contributed by atoms with van der Waals surface area (Å²) in [7, 11) is 3.53. The highest BCUT2D eigenvalue weighted by Gasteiger charge is 2.20. The number of halogens is 1. The second-order valence-corrected chi connectivity index (χ2v) is 5.37. The van der Waals surface area contributed by atoms with E-state index >= 15 is 0 Å². The van der Waals surface area contributed by atoms with Crippen LogP contribution in [0.25, 0.3) is 0 Å². The monoisotopic (exact) mass is 372 g/mol. The lowest BCUT2D eigenvalue weighted by atomic mass is 10.1. The third-order valence-electron chi connectivity index (χ3n) is 3.19. The van der Waals surface area contributed by atoms with E-state index in [9.17, 15) is 9.59 Å². The van der Waals surface area contributed by atoms with Crippen LogP contribution < -0.4 is 11.1 Å². The van der Waals surface area contributed by atoms with E-state index in [2.05, 4.69) is 10.3 Å². The molecule has 0 aliphatic carbocycles. The fourth-order valence-corrected chi connectivity index (χ4v) is 1.79. The van der Waals surface area contributed by atoms with Crippen LogP contribution in [0.5, 0.6) is 0 Å². The Labute approximate surface area is 153 Å². The summed E-state index contributed by atoms with van der Waals surface area (Å²) in [5, 5.41) is 11.5. The number of alkyl carbamates (subject to hydrolysis) is 1. The minimum absolute atomic E-state index is 0. The fraction of sp³-hybridized carbons (Fsp3) is 0.438. The van der Waals surface area contributed by atoms with E-state index in [1.807, 2.05) is 30.3 Å². The molecule has 4 N–H and O–H groups in total. The van der Waals surface area contributed by atoms with E-state index in [1.54, 1.807) is 19.0 Å². The summed E-state index contributed by atoms with van der Waals surface area (Å²) in [6.07, 6.45) is -0.0488. The van der Waals surface area contributed by atoms with Crippen LogP contribution in [0.3, 0.4) is 0 Å². The van der Waals surface area contributed by atoms with Gasteiger partial charge in [-0.1, -0.05) is 30.3 Å². The molecule has 0 heterocycles. The zero-order valence-corrected chi connectivity index (χ0v) is 15.2. The van der Waals surface area contributed by atoms with Crippen LogP contribution >= 0.6 is 12.4 Å². The minimum atomic E-state index is -1.11. The molecule has 0 fully saturated rings. The maximum absolute atomic E-state index is 11.7. The number of guanidine groups is 1. The lowest BCUT2D eigenvalue weighted by Gasteiger charge is -2.14. The van der Waals surface area contributed by atoms with E-state index in [1.165, 1.54) is 0 Å². The van der Waals surface area contributed by atoms with Crippen molar-refractivity contribution < 1.29 is 19.4 Å². The largest absolute Gasteiger partial charge is 0.480 e. The van der Waals surface area contributed by atoms with E-state index in [-0.39, 0.29) is 25.4 Å². The number of hydrogen-bond acceptors (Lipinski definition) is 4. The van der Waals surface area contributed by atoms with Gasteiger partial charge in [-0.2, -0.15) is 0 Å². The molecule has 0 spiro atoms. The maximum atomic E-state index is 11.7. The zero-order valence-electron chi connectivity index (χ0n) is 14.3. The Morgan fingerprint density at radius 3 is 2.52 bits per heavy atom. The van der Waals surface area contributed by atoms with Crippen molar-refractivity contribution in [3.05, 3.63) is 35.9 Å². The Kier molecular flexibility index (Phi) is 10.8. The summed E-state index contributed by atoms with van der Waals surface area (Å²) < 4.78 is 5.02. The molecule has 0 saturated heterocycles. The smallest absolute Gasteiger partial charge is 0.408 e. The normalized spacial score (nSPS) is 11.8. The third kappa shape index (κ3) is 9.41. The highest BCUT2D eigenvalue weighted by molar-refractivity contribution is 5.85. The van der Waals surface area contributed by atoms with Gasteiger partial charge in [0, 0.05) is 20.6 Å². The first-order valence-corrected chi connectivity index (χ1v) is 7.57. The summed E-state index contributed by atoms with van der Waals surface area (Å²) in [5.74, 6) is -0.742. The first-order chi connectivity index (χ1) is 11.4. The minimum Gasteiger partial charge on any atom is -0.480 e. The fourth-order valence-electron chi connectivity index (χ4n) is 1.79. The summed E-state index contributed by atoms with van der Waals surface area (Å²) in [4.78, 5) is 28.7. The molecule has 1 aromatic rings. The van der Waals surface area contributed by atoms with Crippen molar-refractivity contribution >= 4 is 30.4 Å². The van der Waals surface area contributed by atoms with Crippen LogP contribution in [-0.2, 0) is 16.1 Å². The van der Waals surface area contributed by atoms with Gasteiger partial charge >= 0.3 is 12.1 Å². The summed E-state index contributed by atoms with van der Waals surface area (Å²) in [6, 6.07) is 8.12. The van der Waals surface area contributed by atoms with Crippen molar-refractivity contribution in [3.8, 4) is 0 Å². The molecule has 8 nitrogen and oxygen atoms in total. The average molecular weight is 373 g/mol. The predicted octanol–water partition coefficient (Wildman–Crippen LogP) is 1.44. The lowest BCUT2D eigenvalue weighted by molar-refractivity contribution is -0.139. The topological polar surface area (TPSA) is 117 Å². The van der Waals surface area contributed by atoms with Gasteiger partial charge in [0.05, 0.1) is 0 Å². The molecule has 0 aliphatic heterocycles. The first-order valence-electron chi connectivity index (χ1n) is 7.57. The van der Waals surface area contributed by atoms with Crippen LogP contribution in [-0.4, -0.2) is 54.7 Å². The standard InChI is InChI=1S/C16H24N4O4.ClH/c1-20(2)15(17)18-10-6-9-13(14(21)22)19-16(23)24-11-12-7-4-3-5-8-12;/h3-5,7-8,13H,6,9-11H2,1-2H3,(H2,17,18)(H,19,23)(H,21,22);1H/t13-;/m0./s1. The van der Waals surface area contributed by atoms with Crippen molar-refractivity contribution in [1.82, 2.24) is 10.2 Å². The van der Waals surface area contributed by atoms with Gasteiger partial charge < -0.3 is 25.8 Å². The van der Waals surface area contributed by atoms with Crippen LogP contribution in [0, 0.1) is 0 Å². The number of benzene rings is 1. The van der Waals surface area contributed by atoms with Gasteiger partial charge in [-0.25, -0.2) is 9.59 Å². The van der Waals surface area contributed by atoms with Crippen molar-refractivity contribution in [3.63, 3.8) is 0 Å². The van der Waals surface area contributed by atoms with Gasteiger partial charge in [-0.05, 0) is 18.4 Å². The van der Waals surface area contributed by atoms with Crippen LogP contribution in [0.4, 0.5) is 4.79 Å². The molecule has 0 aliphatic rings. The van der Waals surface area contributed by atoms with Crippen LogP contribution in [0.2, 0.25) is 0 Å². The first kappa shape index (κ1) is 22.5. The number of carboxylic acid groups (broad SMARTS) is 1. The number of carbonyl (C=O) groups is 2. The molecular weight excluding hydrogens is 348 g/mol. The number of aliphatic imine (C=N–C) groups is 1. The number of carbonyl (C=O) groups excluding carboxylic acids is 1. The molecular formula is C16H25ClN4O4. The lowest BCUT2D eigenvalue weighted by Crippen LogP contribution is -2.41. The number of aliphatic carboxylic acids is 1. The quantitative estimate of drug-likeness (QED) is 0.361. The van der Waals surface area contributed by atoms with Crippen molar-refractivity contribution in [2.24, 2.45) is 10.7 Å². The number of nitrogens with one attached hydrogen (secondary N) is 1. The van der Waals surface area contributed by atoms with Gasteiger partial charge in [-0.3, -0.25) is 4.99 Å². The molecule has 1 aromatic carbocycles. The average Bonchev–Trinajstić information content (AvgIpc) is 2.56. The molecule has 0 unspecified atom stereocenters. The highest BCUT2D eigenvalue weighted by atomic mass is 35.5. The predicted molar refractivity (Wildman–Crippen MR) is 97.8 cm³/mol. The van der Waals surface area contributed by atoms with Gasteiger partial charge in [0.1, 0.15) is 12.6 Å². The highest BCUT2D eigenvalue weighted by Crippen LogP contribution is 2.03. The Hall–Kier alpha value is -2.48. The third-order valence-corrected chi connectivity index (χ3v) is 3.19. The van der Waals surface area contributed by atoms with Crippen molar-refractivity contribution in [1.29, 1.82) is 0 Å². The van der Waals surface area contributed by atoms with Crippen LogP contribution in [0.15, 0.2) is 35.3 Å². The van der Waals surface area contributed by atoms with Crippen LogP contribution in [0.1, 0.15) is 18.4 Å². The number of nitrogens with two attached hydrogens (primary N) is 1. The van der Waals surface area contributed by atoms with Gasteiger partial charge in [0.15, 0.2) is 5.96 Å². The summed E-state index contributed by atoms with van der Waals surface area (Å²) in [6.45, 7) is 0.469. The van der Waals surface area contributed by atoms with Gasteiger partial charge in [0.2, 0.25) is 0 Å². The number of hydrogen-bond donors (Lipinski definition) is 3. The van der Waals surface area contributed by atoms with Crippen molar-refractivity contribution in [2.75, 3.05) is 20.6 Å². The SMILES string of the molecule is CN(C)C(N)=NCCC[C@H](NC(=O)OCc1ccccc1)C(=O)O.Cl. The van der Waals surface area contributed by atoms with Gasteiger partial charge in [0.25, 0.3) is 0 Å². The second-order valence-electron chi connectivity index (χ2n) is 5.37. The molecule has 1 rings (SSSR count). The van der Waals surface area contributed by atoms with E-state index in [0.717, 1.165) is 5.56 Å². The number of nitrogens with zero attached hydrogens (tertiary/aromatic N) is 2. The number of carboxylic acids is 1. The maximum Gasteiger partial charge on any atom is 0.408 e. The Morgan fingerprint density at radius 2 is 1.96 bits per heavy atom. The second kappa shape index (κ2) is 12.0. The molecule has 140 valence electrons. The summed E-state index contributed by atoms with van der Waals surface area (Å²) in [5.41, 5.74) is 6.47. The number of rotatable bonds is 8. The number of ether oxygens (including phenoxy) is 1. The molecule has 1 amide bonds.